The van der Waals surface area contributed by atoms with Crippen molar-refractivity contribution in [1.29, 1.82) is 0 Å². The summed E-state index contributed by atoms with van der Waals surface area (Å²) in [6, 6.07) is 9.49. The van der Waals surface area contributed by atoms with E-state index in [1.54, 1.807) is 4.90 Å². The molecule has 1 N–H and O–H groups in total. The topological polar surface area (TPSA) is 90.4 Å². The first-order chi connectivity index (χ1) is 18.9. The van der Waals surface area contributed by atoms with E-state index in [2.05, 4.69) is 0 Å². The number of amides is 3. The number of rotatable bonds is 7. The summed E-state index contributed by atoms with van der Waals surface area (Å²) >= 11 is 0. The van der Waals surface area contributed by atoms with Crippen molar-refractivity contribution in [3.63, 3.8) is 0 Å². The SMILES string of the molecule is O=C1CN(C(=O)OCc2ccccc2)CCN1CC1(O)CCN(C(=O)CCC2CCCCC2)CC12CCCC2. The van der Waals surface area contributed by atoms with Gasteiger partial charge in [0.2, 0.25) is 11.8 Å². The fourth-order valence-corrected chi connectivity index (χ4v) is 7.43. The zero-order valence-corrected chi connectivity index (χ0v) is 23.3. The standard InChI is InChI=1S/C31H45N3O5/c35-27(14-13-25-9-3-1-4-10-25)33-18-17-31(38,30(23-33)15-7-8-16-30)24-34-20-19-32(21-28(34)36)29(37)39-22-26-11-5-2-6-12-26/h2,5-6,11-12,25,38H,1,3-4,7-10,13-24H2. The molecule has 8 nitrogen and oxygen atoms in total. The number of nitrogens with zero attached hydrogens (tertiary/aromatic N) is 3. The lowest BCUT2D eigenvalue weighted by Crippen LogP contribution is -2.66. The van der Waals surface area contributed by atoms with Crippen LogP contribution in [0.4, 0.5) is 4.79 Å². The maximum absolute atomic E-state index is 13.2. The summed E-state index contributed by atoms with van der Waals surface area (Å²) in [5.41, 5.74) is -0.480. The Bertz CT molecular complexity index is 1000. The molecule has 4 fully saturated rings. The van der Waals surface area contributed by atoms with Gasteiger partial charge in [0.1, 0.15) is 13.2 Å². The van der Waals surface area contributed by atoms with Gasteiger partial charge in [0.25, 0.3) is 0 Å². The second kappa shape index (κ2) is 12.3. The first kappa shape index (κ1) is 27.9. The van der Waals surface area contributed by atoms with Crippen molar-refractivity contribution in [2.75, 3.05) is 39.3 Å². The smallest absolute Gasteiger partial charge is 0.410 e. The molecule has 0 radical (unpaired) electrons. The minimum Gasteiger partial charge on any atom is -0.445 e. The lowest BCUT2D eigenvalue weighted by Gasteiger charge is -2.54. The number of piperidine rings is 1. The molecule has 2 aliphatic heterocycles. The van der Waals surface area contributed by atoms with Gasteiger partial charge < -0.3 is 19.6 Å². The molecule has 1 unspecified atom stereocenters. The van der Waals surface area contributed by atoms with Gasteiger partial charge in [0.05, 0.1) is 12.1 Å². The summed E-state index contributed by atoms with van der Waals surface area (Å²) in [5, 5.41) is 12.1. The molecule has 8 heteroatoms. The van der Waals surface area contributed by atoms with Crippen LogP contribution in [-0.2, 0) is 20.9 Å². The van der Waals surface area contributed by atoms with E-state index in [1.807, 2.05) is 35.2 Å². The van der Waals surface area contributed by atoms with Crippen molar-refractivity contribution in [3.05, 3.63) is 35.9 Å². The Morgan fingerprint density at radius 1 is 0.923 bits per heavy atom. The average molecular weight is 540 g/mol. The van der Waals surface area contributed by atoms with Gasteiger partial charge in [0.15, 0.2) is 0 Å². The summed E-state index contributed by atoms with van der Waals surface area (Å²) < 4.78 is 5.42. The molecule has 1 spiro atoms. The number of β-amino-alcohol motifs (C(OH)–C–C–N with tert-alkyl or cyclic N) is 1. The summed E-state index contributed by atoms with van der Waals surface area (Å²) in [7, 11) is 0. The van der Waals surface area contributed by atoms with E-state index >= 15 is 0 Å². The first-order valence-corrected chi connectivity index (χ1v) is 15.1. The Morgan fingerprint density at radius 2 is 1.67 bits per heavy atom. The molecule has 3 amide bonds. The second-order valence-electron chi connectivity index (χ2n) is 12.4. The number of aliphatic hydroxyl groups is 1. The molecule has 1 atom stereocenters. The number of ether oxygens (including phenoxy) is 1. The monoisotopic (exact) mass is 539 g/mol. The van der Waals surface area contributed by atoms with Crippen molar-refractivity contribution in [2.45, 2.75) is 89.3 Å². The van der Waals surface area contributed by atoms with Crippen LogP contribution >= 0.6 is 0 Å². The Morgan fingerprint density at radius 3 is 2.38 bits per heavy atom. The van der Waals surface area contributed by atoms with Gasteiger partial charge in [0, 0.05) is 38.0 Å². The number of hydrogen-bond donors (Lipinski definition) is 1. The number of carbonyl (C=O) groups is 3. The molecule has 0 aromatic heterocycles. The van der Waals surface area contributed by atoms with Crippen LogP contribution in [0, 0.1) is 11.3 Å². The van der Waals surface area contributed by atoms with E-state index in [9.17, 15) is 19.5 Å². The summed E-state index contributed by atoms with van der Waals surface area (Å²) in [4.78, 5) is 44.1. The Balaban J connectivity index is 1.15. The van der Waals surface area contributed by atoms with Gasteiger partial charge >= 0.3 is 6.09 Å². The number of carbonyl (C=O) groups excluding carboxylic acids is 3. The average Bonchev–Trinajstić information content (AvgIpc) is 3.44. The highest BCUT2D eigenvalue weighted by molar-refractivity contribution is 5.83. The van der Waals surface area contributed by atoms with Crippen molar-refractivity contribution in [1.82, 2.24) is 14.7 Å². The van der Waals surface area contributed by atoms with Crippen molar-refractivity contribution in [3.8, 4) is 0 Å². The van der Waals surface area contributed by atoms with E-state index in [0.717, 1.165) is 37.7 Å². The third-order valence-electron chi connectivity index (χ3n) is 9.91. The van der Waals surface area contributed by atoms with Gasteiger partial charge in [-0.1, -0.05) is 75.3 Å². The maximum atomic E-state index is 13.2. The van der Waals surface area contributed by atoms with Crippen LogP contribution in [0.15, 0.2) is 30.3 Å². The van der Waals surface area contributed by atoms with Crippen LogP contribution in [0.2, 0.25) is 0 Å². The van der Waals surface area contributed by atoms with E-state index in [4.69, 9.17) is 4.74 Å². The highest BCUT2D eigenvalue weighted by atomic mass is 16.6. The first-order valence-electron chi connectivity index (χ1n) is 15.1. The van der Waals surface area contributed by atoms with Gasteiger partial charge in [-0.25, -0.2) is 4.79 Å². The van der Waals surface area contributed by atoms with Crippen LogP contribution in [0.5, 0.6) is 0 Å². The molecule has 1 aromatic carbocycles. The van der Waals surface area contributed by atoms with Gasteiger partial charge in [-0.2, -0.15) is 0 Å². The van der Waals surface area contributed by atoms with Crippen LogP contribution in [0.1, 0.15) is 82.6 Å². The molecule has 2 saturated carbocycles. The lowest BCUT2D eigenvalue weighted by molar-refractivity contribution is -0.169. The third-order valence-corrected chi connectivity index (χ3v) is 9.91. The van der Waals surface area contributed by atoms with Crippen LogP contribution in [-0.4, -0.2) is 82.6 Å². The zero-order valence-electron chi connectivity index (χ0n) is 23.3. The molecule has 1 aromatic rings. The van der Waals surface area contributed by atoms with Crippen molar-refractivity contribution in [2.24, 2.45) is 11.3 Å². The summed E-state index contributed by atoms with van der Waals surface area (Å²) in [6.07, 6.45) is 11.9. The lowest BCUT2D eigenvalue weighted by atomic mass is 9.65. The number of piperazine rings is 1. The van der Waals surface area contributed by atoms with E-state index in [-0.39, 0.29) is 36.9 Å². The molecular weight excluding hydrogens is 494 g/mol. The minimum absolute atomic E-state index is 0.0392. The normalized spacial score (nSPS) is 25.8. The summed E-state index contributed by atoms with van der Waals surface area (Å²) in [5.74, 6) is 0.753. The fourth-order valence-electron chi connectivity index (χ4n) is 7.43. The fraction of sp³-hybridized carbons (Fsp3) is 0.710. The maximum Gasteiger partial charge on any atom is 0.410 e. The van der Waals surface area contributed by atoms with Gasteiger partial charge in [-0.3, -0.25) is 14.5 Å². The Hall–Kier alpha value is -2.61. The Labute approximate surface area is 232 Å². The molecule has 2 saturated heterocycles. The molecule has 39 heavy (non-hydrogen) atoms. The predicted octanol–water partition coefficient (Wildman–Crippen LogP) is 4.35. The molecule has 2 heterocycles. The van der Waals surface area contributed by atoms with E-state index in [1.165, 1.54) is 37.0 Å². The van der Waals surface area contributed by atoms with Crippen LogP contribution in [0.25, 0.3) is 0 Å². The highest BCUT2D eigenvalue weighted by Gasteiger charge is 2.56. The largest absolute Gasteiger partial charge is 0.445 e. The quantitative estimate of drug-likeness (QED) is 0.556. The van der Waals surface area contributed by atoms with E-state index in [0.29, 0.717) is 44.9 Å². The molecule has 0 bridgehead atoms. The molecule has 214 valence electrons. The third kappa shape index (κ3) is 6.42. The number of likely N-dealkylation sites (tertiary alicyclic amines) is 1. The highest BCUT2D eigenvalue weighted by Crippen LogP contribution is 2.51. The van der Waals surface area contributed by atoms with Gasteiger partial charge in [-0.05, 0) is 37.2 Å². The molecule has 4 aliphatic rings. The molecule has 5 rings (SSSR count). The van der Waals surface area contributed by atoms with Crippen molar-refractivity contribution < 1.29 is 24.2 Å². The van der Waals surface area contributed by atoms with Crippen LogP contribution < -0.4 is 0 Å². The minimum atomic E-state index is -1.02. The van der Waals surface area contributed by atoms with Gasteiger partial charge in [-0.15, -0.1) is 0 Å². The predicted molar refractivity (Wildman–Crippen MR) is 148 cm³/mol. The van der Waals surface area contributed by atoms with Crippen molar-refractivity contribution >= 4 is 17.9 Å². The van der Waals surface area contributed by atoms with Crippen LogP contribution in [0.3, 0.4) is 0 Å². The second-order valence-corrected chi connectivity index (χ2v) is 12.4. The summed E-state index contributed by atoms with van der Waals surface area (Å²) in [6.45, 7) is 2.29. The number of hydrogen-bond acceptors (Lipinski definition) is 5. The zero-order chi connectivity index (χ0) is 27.3. The Kier molecular flexibility index (Phi) is 8.79. The molecule has 2 aliphatic carbocycles. The van der Waals surface area contributed by atoms with E-state index < -0.39 is 11.7 Å². The number of benzene rings is 1. The molecular formula is C31H45N3O5.